The van der Waals surface area contributed by atoms with Crippen LogP contribution < -0.4 is 5.73 Å². The summed E-state index contributed by atoms with van der Waals surface area (Å²) in [6.07, 6.45) is 0.737. The van der Waals surface area contributed by atoms with Gasteiger partial charge in [-0.05, 0) is 37.6 Å². The third-order valence-electron chi connectivity index (χ3n) is 2.95. The van der Waals surface area contributed by atoms with Gasteiger partial charge in [0.25, 0.3) is 0 Å². The monoisotopic (exact) mass is 259 g/mol. The van der Waals surface area contributed by atoms with Crippen molar-refractivity contribution in [2.45, 2.75) is 20.3 Å². The van der Waals surface area contributed by atoms with Crippen LogP contribution in [0, 0.1) is 18.7 Å². The van der Waals surface area contributed by atoms with Gasteiger partial charge in [-0.1, -0.05) is 19.1 Å². The fraction of sp³-hybridized carbons (Fsp3) is 0.333. The van der Waals surface area contributed by atoms with Crippen LogP contribution in [0.1, 0.15) is 18.4 Å². The van der Waals surface area contributed by atoms with E-state index >= 15 is 0 Å². The second-order valence-corrected chi connectivity index (χ2v) is 4.87. The molecule has 0 amide bonds. The largest absolute Gasteiger partial charge is 0.330 e. The molecule has 2 aromatic rings. The van der Waals surface area contributed by atoms with E-state index in [9.17, 15) is 4.39 Å². The molecule has 1 unspecified atom stereocenters. The van der Waals surface area contributed by atoms with Gasteiger partial charge in [-0.2, -0.15) is 0 Å². The van der Waals surface area contributed by atoms with Gasteiger partial charge in [0.1, 0.15) is 11.6 Å². The second-order valence-electron chi connectivity index (χ2n) is 4.87. The van der Waals surface area contributed by atoms with Crippen LogP contribution in [0.25, 0.3) is 11.3 Å². The van der Waals surface area contributed by atoms with Gasteiger partial charge in [0.05, 0.1) is 5.69 Å². The number of benzene rings is 1. The number of aryl methyl sites for hydroxylation is 1. The third kappa shape index (κ3) is 3.58. The van der Waals surface area contributed by atoms with Crippen LogP contribution in [-0.4, -0.2) is 16.5 Å². The van der Waals surface area contributed by atoms with E-state index < -0.39 is 0 Å². The van der Waals surface area contributed by atoms with Gasteiger partial charge in [0.15, 0.2) is 0 Å². The Bertz CT molecular complexity index is 569. The Morgan fingerprint density at radius 3 is 2.74 bits per heavy atom. The molecule has 0 aliphatic carbocycles. The molecule has 100 valence electrons. The molecule has 0 saturated carbocycles. The molecule has 0 bridgehead atoms. The highest BCUT2D eigenvalue weighted by Crippen LogP contribution is 2.19. The zero-order valence-corrected chi connectivity index (χ0v) is 11.2. The number of hydrogen-bond donors (Lipinski definition) is 1. The van der Waals surface area contributed by atoms with Crippen LogP contribution in [0.5, 0.6) is 0 Å². The highest BCUT2D eigenvalue weighted by Gasteiger charge is 2.08. The Labute approximate surface area is 112 Å². The topological polar surface area (TPSA) is 51.8 Å². The average molecular weight is 259 g/mol. The van der Waals surface area contributed by atoms with Crippen molar-refractivity contribution in [2.24, 2.45) is 11.7 Å². The number of hydrogen-bond acceptors (Lipinski definition) is 3. The van der Waals surface area contributed by atoms with Crippen LogP contribution in [0.2, 0.25) is 0 Å². The van der Waals surface area contributed by atoms with E-state index in [0.717, 1.165) is 29.2 Å². The van der Waals surface area contributed by atoms with Crippen LogP contribution in [-0.2, 0) is 6.42 Å². The van der Waals surface area contributed by atoms with Crippen molar-refractivity contribution in [1.29, 1.82) is 0 Å². The van der Waals surface area contributed by atoms with Gasteiger partial charge in [0, 0.05) is 17.7 Å². The van der Waals surface area contributed by atoms with Gasteiger partial charge in [0.2, 0.25) is 0 Å². The van der Waals surface area contributed by atoms with Crippen molar-refractivity contribution in [3.05, 3.63) is 47.7 Å². The standard InChI is InChI=1S/C15H18FN3/c1-10(9-17)6-15-18-11(2)7-14(19-15)12-4-3-5-13(16)8-12/h3-5,7-8,10H,6,9,17H2,1-2H3. The average Bonchev–Trinajstić information content (AvgIpc) is 2.38. The summed E-state index contributed by atoms with van der Waals surface area (Å²) < 4.78 is 13.3. The van der Waals surface area contributed by atoms with Crippen LogP contribution in [0.15, 0.2) is 30.3 Å². The van der Waals surface area contributed by atoms with Crippen molar-refractivity contribution < 1.29 is 4.39 Å². The molecule has 2 rings (SSSR count). The summed E-state index contributed by atoms with van der Waals surface area (Å²) in [7, 11) is 0. The van der Waals surface area contributed by atoms with Crippen molar-refractivity contribution in [3.8, 4) is 11.3 Å². The first-order valence-corrected chi connectivity index (χ1v) is 6.39. The first-order valence-electron chi connectivity index (χ1n) is 6.39. The molecule has 0 saturated heterocycles. The van der Waals surface area contributed by atoms with Gasteiger partial charge in [-0.3, -0.25) is 0 Å². The normalized spacial score (nSPS) is 12.4. The molecule has 19 heavy (non-hydrogen) atoms. The summed E-state index contributed by atoms with van der Waals surface area (Å²) in [5, 5.41) is 0. The maximum absolute atomic E-state index is 13.3. The minimum atomic E-state index is -0.259. The fourth-order valence-corrected chi connectivity index (χ4v) is 1.91. The highest BCUT2D eigenvalue weighted by atomic mass is 19.1. The van der Waals surface area contributed by atoms with E-state index in [2.05, 4.69) is 16.9 Å². The van der Waals surface area contributed by atoms with Gasteiger partial charge >= 0.3 is 0 Å². The molecule has 0 spiro atoms. The molecule has 0 aliphatic rings. The number of rotatable bonds is 4. The van der Waals surface area contributed by atoms with Gasteiger partial charge in [-0.25, -0.2) is 14.4 Å². The number of nitrogens with two attached hydrogens (primary N) is 1. The lowest BCUT2D eigenvalue weighted by Gasteiger charge is -2.09. The SMILES string of the molecule is Cc1cc(-c2cccc(F)c2)nc(CC(C)CN)n1. The Kier molecular flexibility index (Phi) is 4.22. The van der Waals surface area contributed by atoms with Crippen LogP contribution >= 0.6 is 0 Å². The second kappa shape index (κ2) is 5.89. The maximum atomic E-state index is 13.3. The predicted octanol–water partition coefficient (Wildman–Crippen LogP) is 2.73. The number of aromatic nitrogens is 2. The smallest absolute Gasteiger partial charge is 0.129 e. The summed E-state index contributed by atoms with van der Waals surface area (Å²) >= 11 is 0. The zero-order valence-electron chi connectivity index (χ0n) is 11.2. The Morgan fingerprint density at radius 2 is 2.05 bits per heavy atom. The van der Waals surface area contributed by atoms with Crippen molar-refractivity contribution in [2.75, 3.05) is 6.54 Å². The summed E-state index contributed by atoms with van der Waals surface area (Å²) in [6.45, 7) is 4.58. The molecule has 3 nitrogen and oxygen atoms in total. The third-order valence-corrected chi connectivity index (χ3v) is 2.95. The van der Waals surface area contributed by atoms with E-state index in [1.807, 2.05) is 19.1 Å². The van der Waals surface area contributed by atoms with Crippen molar-refractivity contribution in [1.82, 2.24) is 9.97 Å². The summed E-state index contributed by atoms with van der Waals surface area (Å²) in [5.74, 6) is 0.838. The first kappa shape index (κ1) is 13.6. The molecule has 0 fully saturated rings. The molecular weight excluding hydrogens is 241 g/mol. The Morgan fingerprint density at radius 1 is 1.26 bits per heavy atom. The minimum Gasteiger partial charge on any atom is -0.330 e. The molecule has 2 N–H and O–H groups in total. The number of halogens is 1. The van der Waals surface area contributed by atoms with E-state index in [1.165, 1.54) is 12.1 Å². The van der Waals surface area contributed by atoms with Gasteiger partial charge in [-0.15, -0.1) is 0 Å². The lowest BCUT2D eigenvalue weighted by molar-refractivity contribution is 0.572. The molecule has 0 aliphatic heterocycles. The highest BCUT2D eigenvalue weighted by molar-refractivity contribution is 5.59. The Hall–Kier alpha value is -1.81. The summed E-state index contributed by atoms with van der Waals surface area (Å²) in [6, 6.07) is 8.31. The quantitative estimate of drug-likeness (QED) is 0.918. The molecule has 1 heterocycles. The summed E-state index contributed by atoms with van der Waals surface area (Å²) in [4.78, 5) is 8.91. The molecule has 1 atom stereocenters. The molecule has 4 heteroatoms. The maximum Gasteiger partial charge on any atom is 0.129 e. The minimum absolute atomic E-state index is 0.259. The molecular formula is C15H18FN3. The molecule has 1 aromatic carbocycles. The van der Waals surface area contributed by atoms with E-state index in [1.54, 1.807) is 6.07 Å². The van der Waals surface area contributed by atoms with E-state index in [4.69, 9.17) is 5.73 Å². The first-order chi connectivity index (χ1) is 9.08. The zero-order chi connectivity index (χ0) is 13.8. The van der Waals surface area contributed by atoms with Crippen molar-refractivity contribution >= 4 is 0 Å². The van der Waals surface area contributed by atoms with Crippen molar-refractivity contribution in [3.63, 3.8) is 0 Å². The Balaban J connectivity index is 2.36. The van der Waals surface area contributed by atoms with Gasteiger partial charge < -0.3 is 5.73 Å². The predicted molar refractivity (Wildman–Crippen MR) is 74.1 cm³/mol. The molecule has 0 radical (unpaired) electrons. The lowest BCUT2D eigenvalue weighted by Crippen LogP contribution is -2.15. The lowest BCUT2D eigenvalue weighted by atomic mass is 10.1. The van der Waals surface area contributed by atoms with Crippen LogP contribution in [0.4, 0.5) is 4.39 Å². The molecule has 1 aromatic heterocycles. The van der Waals surface area contributed by atoms with Crippen LogP contribution in [0.3, 0.4) is 0 Å². The van der Waals surface area contributed by atoms with E-state index in [-0.39, 0.29) is 5.82 Å². The fourth-order valence-electron chi connectivity index (χ4n) is 1.91. The summed E-state index contributed by atoms with van der Waals surface area (Å²) in [5.41, 5.74) is 8.03. The van der Waals surface area contributed by atoms with E-state index in [0.29, 0.717) is 12.5 Å². The number of nitrogens with zero attached hydrogens (tertiary/aromatic N) is 2.